The number of aromatic nitrogens is 2. The maximum atomic E-state index is 15.3. The molecule has 1 saturated carbocycles. The van der Waals surface area contributed by atoms with Gasteiger partial charge in [0.1, 0.15) is 23.0 Å². The summed E-state index contributed by atoms with van der Waals surface area (Å²) in [7, 11) is 0. The number of para-hydroxylation sites is 1. The van der Waals surface area contributed by atoms with Gasteiger partial charge in [-0.1, -0.05) is 31.0 Å². The average Bonchev–Trinajstić information content (AvgIpc) is 3.68. The largest absolute Gasteiger partial charge is 0.477 e. The molecule has 226 valence electrons. The van der Waals surface area contributed by atoms with Crippen molar-refractivity contribution in [2.75, 3.05) is 31.1 Å². The van der Waals surface area contributed by atoms with Crippen molar-refractivity contribution >= 4 is 45.4 Å². The third-order valence-electron chi connectivity index (χ3n) is 9.03. The Labute approximate surface area is 254 Å². The Morgan fingerprint density at radius 1 is 1.02 bits per heavy atom. The van der Waals surface area contributed by atoms with Crippen LogP contribution in [0.2, 0.25) is 0 Å². The number of carbonyl (C=O) groups excluding carboxylic acids is 1. The van der Waals surface area contributed by atoms with Gasteiger partial charge in [0.25, 0.3) is 5.91 Å². The second kappa shape index (κ2) is 12.0. The highest BCUT2D eigenvalue weighted by atomic mass is 19.1. The Kier molecular flexibility index (Phi) is 7.95. The van der Waals surface area contributed by atoms with E-state index < -0.39 is 22.8 Å². The van der Waals surface area contributed by atoms with Crippen molar-refractivity contribution in [2.45, 2.75) is 45.7 Å². The van der Waals surface area contributed by atoms with Crippen molar-refractivity contribution in [3.05, 3.63) is 81.5 Å². The number of carboxylic acid groups (broad SMARTS) is 1. The first-order valence-electron chi connectivity index (χ1n) is 15.1. The van der Waals surface area contributed by atoms with Crippen molar-refractivity contribution in [3.8, 4) is 6.07 Å². The molecule has 1 amide bonds. The molecule has 10 heteroatoms. The standard InChI is InChI=1S/C34H34FN5O4/c1-2-37-21-27(34(43)44)32(41)26-16-28(35)31(17-30(26)37)38-11-13-39(14-12-38)33(42)23(18-36)15-24-20-40(19-22-7-3-4-8-22)29-10-6-5-9-25(24)29/h5-6,9-10,15-17,20-22H,2-4,7-8,11-14,19H2,1H3,(H,43,44)/b23-15+. The molecule has 1 saturated heterocycles. The van der Waals surface area contributed by atoms with E-state index >= 15 is 4.39 Å². The van der Waals surface area contributed by atoms with E-state index in [0.29, 0.717) is 31.1 Å². The first-order chi connectivity index (χ1) is 21.3. The lowest BCUT2D eigenvalue weighted by molar-refractivity contribution is -0.126. The average molecular weight is 596 g/mol. The first kappa shape index (κ1) is 29.2. The fraction of sp³-hybridized carbons (Fsp3) is 0.353. The van der Waals surface area contributed by atoms with Crippen LogP contribution in [0.25, 0.3) is 27.9 Å². The predicted molar refractivity (Wildman–Crippen MR) is 167 cm³/mol. The van der Waals surface area contributed by atoms with Gasteiger partial charge in [-0.2, -0.15) is 5.26 Å². The van der Waals surface area contributed by atoms with Gasteiger partial charge >= 0.3 is 5.97 Å². The van der Waals surface area contributed by atoms with E-state index in [1.54, 1.807) is 26.5 Å². The number of piperazine rings is 1. The second-order valence-electron chi connectivity index (χ2n) is 11.6. The highest BCUT2D eigenvalue weighted by molar-refractivity contribution is 6.04. The maximum Gasteiger partial charge on any atom is 0.341 e. The van der Waals surface area contributed by atoms with Gasteiger partial charge in [-0.15, -0.1) is 0 Å². The topological polar surface area (TPSA) is 112 Å². The molecule has 0 atom stereocenters. The van der Waals surface area contributed by atoms with Crippen molar-refractivity contribution < 1.29 is 19.1 Å². The van der Waals surface area contributed by atoms with E-state index in [2.05, 4.69) is 16.7 Å². The number of carboxylic acids is 1. The number of fused-ring (bicyclic) bond motifs is 2. The van der Waals surface area contributed by atoms with Crippen molar-refractivity contribution in [3.63, 3.8) is 0 Å². The van der Waals surface area contributed by atoms with Gasteiger partial charge < -0.3 is 24.0 Å². The number of anilines is 1. The summed E-state index contributed by atoms with van der Waals surface area (Å²) in [6.07, 6.45) is 9.98. The molecule has 6 rings (SSSR count). The van der Waals surface area contributed by atoms with Crippen LogP contribution < -0.4 is 10.3 Å². The van der Waals surface area contributed by atoms with Gasteiger partial charge in [-0.25, -0.2) is 9.18 Å². The number of halogens is 1. The molecular formula is C34H34FN5O4. The summed E-state index contributed by atoms with van der Waals surface area (Å²) in [4.78, 5) is 41.2. The Hall–Kier alpha value is -4.91. The molecule has 0 bridgehead atoms. The zero-order chi connectivity index (χ0) is 31.0. The van der Waals surface area contributed by atoms with Crippen LogP contribution in [0.1, 0.15) is 48.5 Å². The second-order valence-corrected chi connectivity index (χ2v) is 11.6. The summed E-state index contributed by atoms with van der Waals surface area (Å²) >= 11 is 0. The molecule has 2 aromatic heterocycles. The minimum absolute atomic E-state index is 0.00946. The zero-order valence-electron chi connectivity index (χ0n) is 24.6. The van der Waals surface area contributed by atoms with Crippen LogP contribution >= 0.6 is 0 Å². The Morgan fingerprint density at radius 3 is 2.43 bits per heavy atom. The van der Waals surface area contributed by atoms with Crippen LogP contribution in [0.15, 0.2) is 59.2 Å². The minimum Gasteiger partial charge on any atom is -0.477 e. The lowest BCUT2D eigenvalue weighted by atomic mass is 10.1. The summed E-state index contributed by atoms with van der Waals surface area (Å²) in [6.45, 7) is 4.37. The van der Waals surface area contributed by atoms with Crippen LogP contribution in [-0.4, -0.2) is 57.2 Å². The number of nitriles is 1. The molecule has 3 heterocycles. The minimum atomic E-state index is -1.36. The SMILES string of the molecule is CCn1cc(C(=O)O)c(=O)c2cc(F)c(N3CCN(C(=O)/C(C#N)=C/c4cn(CC5CCCC5)c5ccccc45)CC3)cc21. The Bertz CT molecular complexity index is 1900. The predicted octanol–water partition coefficient (Wildman–Crippen LogP) is 5.26. The molecule has 9 nitrogen and oxygen atoms in total. The highest BCUT2D eigenvalue weighted by Gasteiger charge is 2.27. The molecule has 1 aliphatic heterocycles. The van der Waals surface area contributed by atoms with Crippen LogP contribution in [0.5, 0.6) is 0 Å². The number of carbonyl (C=O) groups is 2. The number of pyridine rings is 1. The Balaban J connectivity index is 1.22. The monoisotopic (exact) mass is 595 g/mol. The number of hydrogen-bond donors (Lipinski definition) is 1. The fourth-order valence-corrected chi connectivity index (χ4v) is 6.69. The van der Waals surface area contributed by atoms with Crippen LogP contribution in [-0.2, 0) is 17.9 Å². The van der Waals surface area contributed by atoms with E-state index in [1.165, 1.54) is 31.9 Å². The molecule has 2 aromatic carbocycles. The number of aryl methyl sites for hydroxylation is 1. The van der Waals surface area contributed by atoms with Gasteiger partial charge in [0.2, 0.25) is 5.43 Å². The molecule has 4 aromatic rings. The molecular weight excluding hydrogens is 561 g/mol. The smallest absolute Gasteiger partial charge is 0.341 e. The number of nitrogens with zero attached hydrogens (tertiary/aromatic N) is 5. The quantitative estimate of drug-likeness (QED) is 0.231. The summed E-state index contributed by atoms with van der Waals surface area (Å²) in [6, 6.07) is 12.8. The first-order valence-corrected chi connectivity index (χ1v) is 15.1. The van der Waals surface area contributed by atoms with Gasteiger partial charge in [0, 0.05) is 73.5 Å². The van der Waals surface area contributed by atoms with E-state index in [0.717, 1.165) is 29.1 Å². The molecule has 2 fully saturated rings. The summed E-state index contributed by atoms with van der Waals surface area (Å²) in [5, 5.41) is 20.4. The van der Waals surface area contributed by atoms with E-state index in [-0.39, 0.29) is 35.6 Å². The van der Waals surface area contributed by atoms with Gasteiger partial charge in [0.05, 0.1) is 11.2 Å². The summed E-state index contributed by atoms with van der Waals surface area (Å²) in [5.74, 6) is -1.71. The van der Waals surface area contributed by atoms with E-state index in [9.17, 15) is 24.8 Å². The number of aromatic carboxylic acids is 1. The van der Waals surface area contributed by atoms with Gasteiger partial charge in [-0.3, -0.25) is 9.59 Å². The van der Waals surface area contributed by atoms with Crippen LogP contribution in [0.4, 0.5) is 10.1 Å². The third-order valence-corrected chi connectivity index (χ3v) is 9.03. The lowest BCUT2D eigenvalue weighted by Gasteiger charge is -2.36. The normalized spacial score (nSPS) is 16.2. The summed E-state index contributed by atoms with van der Waals surface area (Å²) < 4.78 is 19.2. The molecule has 44 heavy (non-hydrogen) atoms. The van der Waals surface area contributed by atoms with Crippen LogP contribution in [0, 0.1) is 23.1 Å². The number of amides is 1. The van der Waals surface area contributed by atoms with Gasteiger partial charge in [0.15, 0.2) is 0 Å². The molecule has 0 spiro atoms. The highest BCUT2D eigenvalue weighted by Crippen LogP contribution is 2.31. The van der Waals surface area contributed by atoms with Crippen molar-refractivity contribution in [1.82, 2.24) is 14.0 Å². The van der Waals surface area contributed by atoms with E-state index in [1.807, 2.05) is 31.3 Å². The molecule has 0 unspecified atom stereocenters. The van der Waals surface area contributed by atoms with Crippen molar-refractivity contribution in [1.29, 1.82) is 5.26 Å². The number of benzene rings is 2. The maximum absolute atomic E-state index is 15.3. The zero-order valence-corrected chi connectivity index (χ0v) is 24.6. The van der Waals surface area contributed by atoms with Gasteiger partial charge in [-0.05, 0) is 50.0 Å². The molecule has 1 N–H and O–H groups in total. The molecule has 2 aliphatic rings. The lowest BCUT2D eigenvalue weighted by Crippen LogP contribution is -2.49. The molecule has 0 radical (unpaired) electrons. The fourth-order valence-electron chi connectivity index (χ4n) is 6.69. The number of rotatable bonds is 7. The summed E-state index contributed by atoms with van der Waals surface area (Å²) in [5.41, 5.74) is 1.58. The molecule has 1 aliphatic carbocycles. The van der Waals surface area contributed by atoms with E-state index in [4.69, 9.17) is 0 Å². The Morgan fingerprint density at radius 2 is 1.75 bits per heavy atom. The van der Waals surface area contributed by atoms with Crippen LogP contribution in [0.3, 0.4) is 0 Å². The third kappa shape index (κ3) is 5.34. The number of hydrogen-bond acceptors (Lipinski definition) is 5. The van der Waals surface area contributed by atoms with Crippen molar-refractivity contribution in [2.24, 2.45) is 5.92 Å².